The Balaban J connectivity index is 1.76. The molecule has 0 radical (unpaired) electrons. The van der Waals surface area contributed by atoms with Crippen LogP contribution in [0.3, 0.4) is 0 Å². The quantitative estimate of drug-likeness (QED) is 0.803. The number of hydrogen-bond donors (Lipinski definition) is 0. The highest BCUT2D eigenvalue weighted by molar-refractivity contribution is 7.98. The largest absolute Gasteiger partial charge is 0.343 e. The number of nitrogens with zero attached hydrogens (tertiary/aromatic N) is 4. The third-order valence-corrected chi connectivity index (χ3v) is 4.13. The maximum Gasteiger partial charge on any atom is 0.256 e. The lowest BCUT2D eigenvalue weighted by Gasteiger charge is -2.17. The van der Waals surface area contributed by atoms with Gasteiger partial charge in [-0.05, 0) is 24.8 Å². The molecule has 0 N–H and O–H groups in total. The van der Waals surface area contributed by atoms with Crippen LogP contribution in [0.2, 0.25) is 0 Å². The summed E-state index contributed by atoms with van der Waals surface area (Å²) in [6, 6.07) is 3.61. The maximum absolute atomic E-state index is 12.6. The molecule has 6 nitrogen and oxygen atoms in total. The number of rotatable bonds is 3. The minimum atomic E-state index is 0.0217. The molecule has 3 rings (SSSR count). The highest BCUT2D eigenvalue weighted by atomic mass is 32.2. The molecule has 2 aromatic heterocycles. The van der Waals surface area contributed by atoms with Crippen molar-refractivity contribution in [2.45, 2.75) is 17.4 Å². The van der Waals surface area contributed by atoms with Gasteiger partial charge in [-0.2, -0.15) is 4.98 Å². The lowest BCUT2D eigenvalue weighted by atomic mass is 10.1. The van der Waals surface area contributed by atoms with Gasteiger partial charge in [-0.3, -0.25) is 4.79 Å². The van der Waals surface area contributed by atoms with E-state index in [1.807, 2.05) is 17.2 Å². The lowest BCUT2D eigenvalue weighted by molar-refractivity contribution is 0.0786. The van der Waals surface area contributed by atoms with Gasteiger partial charge in [-0.15, -0.1) is 11.8 Å². The van der Waals surface area contributed by atoms with Crippen molar-refractivity contribution in [3.63, 3.8) is 0 Å². The topological polar surface area (TPSA) is 72.1 Å². The van der Waals surface area contributed by atoms with Gasteiger partial charge in [0.25, 0.3) is 5.91 Å². The number of amides is 1. The van der Waals surface area contributed by atoms with Crippen LogP contribution in [0.5, 0.6) is 0 Å². The summed E-state index contributed by atoms with van der Waals surface area (Å²) < 4.78 is 4.77. The van der Waals surface area contributed by atoms with E-state index in [9.17, 15) is 4.79 Å². The fourth-order valence-corrected chi connectivity index (χ4v) is 2.94. The molecule has 0 saturated carbocycles. The zero-order valence-corrected chi connectivity index (χ0v) is 11.8. The van der Waals surface area contributed by atoms with Crippen LogP contribution in [0.4, 0.5) is 0 Å². The van der Waals surface area contributed by atoms with E-state index >= 15 is 0 Å². The molecular weight excluding hydrogens is 276 g/mol. The van der Waals surface area contributed by atoms with Gasteiger partial charge >= 0.3 is 0 Å². The normalized spacial score (nSPS) is 18.4. The Hall–Kier alpha value is -1.89. The third-order valence-electron chi connectivity index (χ3n) is 3.41. The van der Waals surface area contributed by atoms with Crippen LogP contribution < -0.4 is 0 Å². The Bertz CT molecular complexity index is 602. The molecular formula is C13H14N4O2S. The number of pyridine rings is 1. The summed E-state index contributed by atoms with van der Waals surface area (Å²) in [6.07, 6.45) is 5.81. The first-order valence-electron chi connectivity index (χ1n) is 6.34. The van der Waals surface area contributed by atoms with Gasteiger partial charge in [0.15, 0.2) is 5.82 Å². The van der Waals surface area contributed by atoms with E-state index in [1.165, 1.54) is 18.2 Å². The van der Waals surface area contributed by atoms with Crippen molar-refractivity contribution in [1.29, 1.82) is 0 Å². The average molecular weight is 290 g/mol. The standard InChI is InChI=1S/C13H14N4O2S/c1-20-12-10(3-2-5-14-12)13(18)17-6-4-9(7-17)11-15-8-19-16-11/h2-3,5,8-9H,4,6-7H2,1H3. The Morgan fingerprint density at radius 2 is 2.40 bits per heavy atom. The van der Waals surface area contributed by atoms with Crippen LogP contribution in [0, 0.1) is 0 Å². The molecule has 1 aliphatic heterocycles. The summed E-state index contributed by atoms with van der Waals surface area (Å²) in [4.78, 5) is 22.7. The van der Waals surface area contributed by atoms with Crippen LogP contribution in [-0.2, 0) is 0 Å². The molecule has 1 saturated heterocycles. The molecule has 20 heavy (non-hydrogen) atoms. The second-order valence-electron chi connectivity index (χ2n) is 4.59. The maximum atomic E-state index is 12.6. The molecule has 1 fully saturated rings. The molecule has 7 heteroatoms. The Morgan fingerprint density at radius 3 is 3.15 bits per heavy atom. The molecule has 0 bridgehead atoms. The molecule has 1 amide bonds. The Morgan fingerprint density at radius 1 is 1.50 bits per heavy atom. The summed E-state index contributed by atoms with van der Waals surface area (Å²) in [5.74, 6) is 0.858. The zero-order chi connectivity index (χ0) is 13.9. The predicted octanol–water partition coefficient (Wildman–Crippen LogP) is 1.82. The Labute approximate surface area is 120 Å². The van der Waals surface area contributed by atoms with E-state index < -0.39 is 0 Å². The molecule has 0 spiro atoms. The summed E-state index contributed by atoms with van der Waals surface area (Å²) in [5, 5.41) is 4.62. The number of hydrogen-bond acceptors (Lipinski definition) is 6. The summed E-state index contributed by atoms with van der Waals surface area (Å²) >= 11 is 1.48. The molecule has 1 atom stereocenters. The van der Waals surface area contributed by atoms with Gasteiger partial charge in [0.2, 0.25) is 6.39 Å². The van der Waals surface area contributed by atoms with Crippen LogP contribution in [-0.4, -0.2) is 45.3 Å². The summed E-state index contributed by atoms with van der Waals surface area (Å²) in [5.41, 5.74) is 0.661. The molecule has 0 aliphatic carbocycles. The van der Waals surface area contributed by atoms with Crippen LogP contribution in [0.1, 0.15) is 28.5 Å². The second kappa shape index (κ2) is 5.62. The van der Waals surface area contributed by atoms with Gasteiger partial charge in [0, 0.05) is 25.2 Å². The van der Waals surface area contributed by atoms with Gasteiger partial charge in [0.1, 0.15) is 5.03 Å². The van der Waals surface area contributed by atoms with Crippen LogP contribution in [0.15, 0.2) is 34.3 Å². The number of likely N-dealkylation sites (tertiary alicyclic amines) is 1. The van der Waals surface area contributed by atoms with Gasteiger partial charge in [0.05, 0.1) is 5.56 Å². The highest BCUT2D eigenvalue weighted by Gasteiger charge is 2.31. The van der Waals surface area contributed by atoms with Gasteiger partial charge < -0.3 is 9.42 Å². The zero-order valence-electron chi connectivity index (χ0n) is 11.0. The predicted molar refractivity (Wildman–Crippen MR) is 73.6 cm³/mol. The van der Waals surface area contributed by atoms with E-state index in [1.54, 1.807) is 12.3 Å². The van der Waals surface area contributed by atoms with E-state index in [-0.39, 0.29) is 11.8 Å². The van der Waals surface area contributed by atoms with E-state index in [0.717, 1.165) is 11.4 Å². The molecule has 1 unspecified atom stereocenters. The minimum absolute atomic E-state index is 0.0217. The number of carbonyl (C=O) groups excluding carboxylic acids is 1. The van der Waals surface area contributed by atoms with E-state index in [0.29, 0.717) is 24.5 Å². The van der Waals surface area contributed by atoms with E-state index in [4.69, 9.17) is 4.52 Å². The fourth-order valence-electron chi connectivity index (χ4n) is 2.40. The molecule has 2 aromatic rings. The molecule has 1 aliphatic rings. The number of thioether (sulfide) groups is 1. The monoisotopic (exact) mass is 290 g/mol. The van der Waals surface area contributed by atoms with Crippen molar-refractivity contribution in [3.05, 3.63) is 36.1 Å². The SMILES string of the molecule is CSc1ncccc1C(=O)N1CCC(c2ncon2)C1. The van der Waals surface area contributed by atoms with Crippen LogP contribution >= 0.6 is 11.8 Å². The van der Waals surface area contributed by atoms with Crippen molar-refractivity contribution < 1.29 is 9.32 Å². The molecule has 104 valence electrons. The highest BCUT2D eigenvalue weighted by Crippen LogP contribution is 2.27. The summed E-state index contributed by atoms with van der Waals surface area (Å²) in [7, 11) is 0. The van der Waals surface area contributed by atoms with Gasteiger partial charge in [-0.25, -0.2) is 4.98 Å². The van der Waals surface area contributed by atoms with Crippen molar-refractivity contribution in [2.75, 3.05) is 19.3 Å². The smallest absolute Gasteiger partial charge is 0.256 e. The fraction of sp³-hybridized carbons (Fsp3) is 0.385. The third kappa shape index (κ3) is 2.40. The molecule has 3 heterocycles. The minimum Gasteiger partial charge on any atom is -0.343 e. The number of aromatic nitrogens is 3. The van der Waals surface area contributed by atoms with Crippen molar-refractivity contribution in [1.82, 2.24) is 20.0 Å². The first kappa shape index (κ1) is 13.1. The lowest BCUT2D eigenvalue weighted by Crippen LogP contribution is -2.29. The van der Waals surface area contributed by atoms with Gasteiger partial charge in [-0.1, -0.05) is 5.16 Å². The van der Waals surface area contributed by atoms with Crippen molar-refractivity contribution in [3.8, 4) is 0 Å². The molecule has 0 aromatic carbocycles. The Kier molecular flexibility index (Phi) is 3.68. The van der Waals surface area contributed by atoms with Crippen molar-refractivity contribution >= 4 is 17.7 Å². The second-order valence-corrected chi connectivity index (χ2v) is 5.38. The summed E-state index contributed by atoms with van der Waals surface area (Å²) in [6.45, 7) is 1.34. The number of carbonyl (C=O) groups is 1. The first-order chi connectivity index (χ1) is 9.79. The first-order valence-corrected chi connectivity index (χ1v) is 7.56. The average Bonchev–Trinajstić information content (AvgIpc) is 3.16. The van der Waals surface area contributed by atoms with Crippen molar-refractivity contribution in [2.24, 2.45) is 0 Å². The van der Waals surface area contributed by atoms with E-state index in [2.05, 4.69) is 15.1 Å². The van der Waals surface area contributed by atoms with Crippen LogP contribution in [0.25, 0.3) is 0 Å².